The summed E-state index contributed by atoms with van der Waals surface area (Å²) in [6.07, 6.45) is 7.24. The SMILES string of the molecule is Cc1nc2c(c(=O)n1CCOC1CCC(Cl)CC1C1CC(C)NC3C(C(=O)NS(C)(=O)=O)CSC13)C[C@H](N1CC3COCC3C1)CC2. The number of nitrogens with one attached hydrogen (secondary N) is 2. The second-order valence-electron chi connectivity index (χ2n) is 15.1. The summed E-state index contributed by atoms with van der Waals surface area (Å²) >= 11 is 8.55. The van der Waals surface area contributed by atoms with Gasteiger partial charge in [0.1, 0.15) is 5.82 Å². The number of likely N-dealkylation sites (tertiary alicyclic amines) is 1. The highest BCUT2D eigenvalue weighted by molar-refractivity contribution is 8.00. The molecule has 47 heavy (non-hydrogen) atoms. The van der Waals surface area contributed by atoms with Crippen LogP contribution in [0.15, 0.2) is 4.79 Å². The first kappa shape index (κ1) is 34.2. The highest BCUT2D eigenvalue weighted by Crippen LogP contribution is 2.48. The third-order valence-electron chi connectivity index (χ3n) is 11.8. The summed E-state index contributed by atoms with van der Waals surface area (Å²) in [6, 6.07) is 0.472. The van der Waals surface area contributed by atoms with Crippen LogP contribution in [0.1, 0.15) is 56.1 Å². The van der Waals surface area contributed by atoms with Crippen molar-refractivity contribution in [3.05, 3.63) is 27.4 Å². The van der Waals surface area contributed by atoms with E-state index in [4.69, 9.17) is 26.1 Å². The summed E-state index contributed by atoms with van der Waals surface area (Å²) in [4.78, 5) is 34.3. The topological polar surface area (TPSA) is 132 Å². The lowest BCUT2D eigenvalue weighted by molar-refractivity contribution is -0.123. The summed E-state index contributed by atoms with van der Waals surface area (Å²) in [6.45, 7) is 8.84. The van der Waals surface area contributed by atoms with E-state index in [1.54, 1.807) is 11.8 Å². The number of ether oxygens (including phenoxy) is 2. The van der Waals surface area contributed by atoms with Gasteiger partial charge < -0.3 is 14.8 Å². The number of carbonyl (C=O) groups excluding carboxylic acids is 1. The molecule has 1 aromatic heterocycles. The fourth-order valence-corrected chi connectivity index (χ4v) is 12.3. The van der Waals surface area contributed by atoms with Crippen molar-refractivity contribution < 1.29 is 22.7 Å². The van der Waals surface area contributed by atoms with Gasteiger partial charge in [0.15, 0.2) is 0 Å². The van der Waals surface area contributed by atoms with Gasteiger partial charge in [-0.2, -0.15) is 11.8 Å². The Kier molecular flexibility index (Phi) is 10.1. The van der Waals surface area contributed by atoms with Crippen LogP contribution in [0.2, 0.25) is 0 Å². The zero-order valence-corrected chi connectivity index (χ0v) is 30.1. The summed E-state index contributed by atoms with van der Waals surface area (Å²) in [5.41, 5.74) is 1.93. The molecule has 262 valence electrons. The lowest BCUT2D eigenvalue weighted by atomic mass is 9.70. The summed E-state index contributed by atoms with van der Waals surface area (Å²) < 4.78 is 40.0. The highest BCUT2D eigenvalue weighted by Gasteiger charge is 2.52. The molecule has 4 aliphatic heterocycles. The van der Waals surface area contributed by atoms with E-state index in [2.05, 4.69) is 21.9 Å². The lowest BCUT2D eigenvalue weighted by Gasteiger charge is -2.47. The van der Waals surface area contributed by atoms with Crippen LogP contribution in [0.3, 0.4) is 0 Å². The number of piperidine rings is 1. The molecule has 2 aliphatic carbocycles. The zero-order valence-electron chi connectivity index (χ0n) is 27.7. The van der Waals surface area contributed by atoms with Gasteiger partial charge in [0.2, 0.25) is 15.9 Å². The maximum atomic E-state index is 13.9. The van der Waals surface area contributed by atoms with Crippen LogP contribution in [0.4, 0.5) is 0 Å². The number of hydrogen-bond acceptors (Lipinski definition) is 10. The van der Waals surface area contributed by atoms with E-state index in [1.807, 2.05) is 11.5 Å². The zero-order chi connectivity index (χ0) is 33.0. The molecule has 11 nitrogen and oxygen atoms in total. The summed E-state index contributed by atoms with van der Waals surface area (Å²) in [5, 5.41) is 3.86. The van der Waals surface area contributed by atoms with Crippen LogP contribution in [-0.2, 0) is 43.7 Å². The Morgan fingerprint density at radius 3 is 2.68 bits per heavy atom. The van der Waals surface area contributed by atoms with Crippen molar-refractivity contribution in [1.82, 2.24) is 24.5 Å². The number of halogens is 1. The van der Waals surface area contributed by atoms with Crippen molar-refractivity contribution >= 4 is 39.3 Å². The Hall–Kier alpha value is -1.22. The molecule has 0 radical (unpaired) electrons. The Balaban J connectivity index is 1.02. The first-order valence-electron chi connectivity index (χ1n) is 17.5. The Bertz CT molecular complexity index is 1500. The van der Waals surface area contributed by atoms with Crippen molar-refractivity contribution in [1.29, 1.82) is 0 Å². The minimum atomic E-state index is -3.63. The van der Waals surface area contributed by atoms with E-state index in [1.165, 1.54) is 0 Å². The number of nitrogens with zero attached hydrogens (tertiary/aromatic N) is 3. The van der Waals surface area contributed by atoms with Gasteiger partial charge in [0.25, 0.3) is 5.56 Å². The number of thioether (sulfide) groups is 1. The molecule has 5 fully saturated rings. The van der Waals surface area contributed by atoms with Crippen molar-refractivity contribution in [2.24, 2.45) is 29.6 Å². The molecule has 2 N–H and O–H groups in total. The first-order valence-corrected chi connectivity index (χ1v) is 20.9. The van der Waals surface area contributed by atoms with Crippen LogP contribution >= 0.6 is 23.4 Å². The number of carbonyl (C=O) groups is 1. The van der Waals surface area contributed by atoms with Crippen molar-refractivity contribution in [2.45, 2.75) is 100 Å². The predicted octanol–water partition coefficient (Wildman–Crippen LogP) is 1.95. The monoisotopic (exact) mass is 711 g/mol. The van der Waals surface area contributed by atoms with Gasteiger partial charge in [-0.3, -0.25) is 23.8 Å². The smallest absolute Gasteiger partial charge is 0.257 e. The first-order chi connectivity index (χ1) is 22.4. The van der Waals surface area contributed by atoms with Crippen molar-refractivity contribution in [3.63, 3.8) is 0 Å². The minimum absolute atomic E-state index is 0.00928. The van der Waals surface area contributed by atoms with Gasteiger partial charge in [-0.05, 0) is 70.6 Å². The average molecular weight is 712 g/mol. The van der Waals surface area contributed by atoms with E-state index in [-0.39, 0.29) is 46.2 Å². The molecule has 0 spiro atoms. The normalized spacial score (nSPS) is 38.9. The molecule has 0 aromatic carbocycles. The molecule has 1 amide bonds. The number of aromatic nitrogens is 2. The highest BCUT2D eigenvalue weighted by atomic mass is 35.5. The quantitative estimate of drug-likeness (QED) is 0.386. The molecule has 11 atom stereocenters. The molecule has 4 saturated heterocycles. The Morgan fingerprint density at radius 1 is 1.17 bits per heavy atom. The molecule has 14 heteroatoms. The van der Waals surface area contributed by atoms with Crippen LogP contribution in [-0.4, -0.2) is 109 Å². The fourth-order valence-electron chi connectivity index (χ4n) is 9.59. The molecule has 5 heterocycles. The van der Waals surface area contributed by atoms with E-state index >= 15 is 0 Å². The number of sulfonamides is 1. The maximum absolute atomic E-state index is 13.9. The number of hydrogen-bond donors (Lipinski definition) is 2. The van der Waals surface area contributed by atoms with E-state index in [0.29, 0.717) is 36.8 Å². The second kappa shape index (κ2) is 13.8. The average Bonchev–Trinajstić information content (AvgIpc) is 3.74. The van der Waals surface area contributed by atoms with Gasteiger partial charge >= 0.3 is 0 Å². The van der Waals surface area contributed by atoms with E-state index in [0.717, 1.165) is 94.6 Å². The standard InChI is InChI=1S/C33H50ClN5O6S2/c1-18-10-25(31-30(35-18)27(17-46-31)32(40)37-47(3,42)43)24-11-22(34)4-7-29(24)45-9-8-39-19(2)36-28-6-5-23(12-26(28)33(39)41)38-13-20-15-44-16-21(20)14-38/h18,20-25,27,29-31,35H,4-17H2,1-3H3,(H,37,40)/t18?,20?,21?,22?,23-,24?,25?,27?,29?,30?,31?/m1/s1. The number of rotatable bonds is 8. The number of alkyl halides is 1. The third kappa shape index (κ3) is 7.19. The number of amides is 1. The number of aryl methyl sites for hydroxylation is 2. The Morgan fingerprint density at radius 2 is 1.94 bits per heavy atom. The molecule has 1 aromatic rings. The second-order valence-corrected chi connectivity index (χ2v) is 18.6. The van der Waals surface area contributed by atoms with Crippen molar-refractivity contribution in [2.75, 3.05) is 44.9 Å². The maximum Gasteiger partial charge on any atom is 0.257 e. The van der Waals surface area contributed by atoms with E-state index < -0.39 is 21.8 Å². The molecular weight excluding hydrogens is 662 g/mol. The van der Waals surface area contributed by atoms with Gasteiger partial charge in [0.05, 0.1) is 50.3 Å². The largest absolute Gasteiger partial charge is 0.381 e. The molecule has 10 unspecified atom stereocenters. The van der Waals surface area contributed by atoms with Crippen molar-refractivity contribution in [3.8, 4) is 0 Å². The molecule has 1 saturated carbocycles. The van der Waals surface area contributed by atoms with Crippen LogP contribution in [0.25, 0.3) is 0 Å². The molecular formula is C33H50ClN5O6S2. The van der Waals surface area contributed by atoms with Crippen LogP contribution in [0, 0.1) is 36.5 Å². The Labute approximate surface area is 287 Å². The van der Waals surface area contributed by atoms with Gasteiger partial charge in [0, 0.05) is 65.0 Å². The molecule has 7 rings (SSSR count). The van der Waals surface area contributed by atoms with Crippen LogP contribution < -0.4 is 15.6 Å². The van der Waals surface area contributed by atoms with Gasteiger partial charge in [-0.15, -0.1) is 11.6 Å². The number of fused-ring (bicyclic) bond motifs is 3. The predicted molar refractivity (Wildman–Crippen MR) is 182 cm³/mol. The molecule has 6 aliphatic rings. The summed E-state index contributed by atoms with van der Waals surface area (Å²) in [5.74, 6) is 2.26. The fraction of sp³-hybridized carbons (Fsp3) is 0.848. The summed E-state index contributed by atoms with van der Waals surface area (Å²) in [7, 11) is -3.63. The lowest BCUT2D eigenvalue weighted by Crippen LogP contribution is -2.58. The van der Waals surface area contributed by atoms with Gasteiger partial charge in [-0.25, -0.2) is 13.4 Å². The van der Waals surface area contributed by atoms with Gasteiger partial charge in [-0.1, -0.05) is 0 Å². The minimum Gasteiger partial charge on any atom is -0.381 e. The van der Waals surface area contributed by atoms with E-state index in [9.17, 15) is 18.0 Å². The van der Waals surface area contributed by atoms with Crippen LogP contribution in [0.5, 0.6) is 0 Å². The molecule has 0 bridgehead atoms. The third-order valence-corrected chi connectivity index (χ3v) is 14.4.